The number of benzene rings is 1. The van der Waals surface area contributed by atoms with Crippen LogP contribution in [-0.2, 0) is 21.5 Å². The van der Waals surface area contributed by atoms with Crippen molar-refractivity contribution in [1.82, 2.24) is 5.48 Å². The summed E-state index contributed by atoms with van der Waals surface area (Å²) < 4.78 is 50.0. The fraction of sp³-hybridized carbons (Fsp3) is 0.222. The molecule has 1 aliphatic heterocycles. The first-order chi connectivity index (χ1) is 7.77. The molecule has 1 fully saturated rings. The molecule has 1 atom stereocenters. The Labute approximate surface area is 92.3 Å². The Balaban J connectivity index is 2.42. The highest BCUT2D eigenvalue weighted by Crippen LogP contribution is 2.36. The molecule has 0 spiro atoms. The number of halogens is 4. The first-order valence-electron chi connectivity index (χ1n) is 4.40. The number of carbonyl (C=O) groups is 1. The van der Waals surface area contributed by atoms with E-state index in [1.54, 1.807) is 0 Å². The van der Waals surface area contributed by atoms with Crippen LogP contribution >= 0.6 is 0 Å². The number of hydrogen-bond donors (Lipinski definition) is 2. The van der Waals surface area contributed by atoms with Crippen LogP contribution < -0.4 is 11.2 Å². The number of carbonyl (C=O) groups excluding carboxylic acids is 1. The van der Waals surface area contributed by atoms with Gasteiger partial charge in [-0.2, -0.15) is 18.7 Å². The van der Waals surface area contributed by atoms with Gasteiger partial charge in [-0.1, -0.05) is 6.07 Å². The van der Waals surface area contributed by atoms with Crippen LogP contribution in [0.2, 0.25) is 0 Å². The van der Waals surface area contributed by atoms with E-state index in [9.17, 15) is 22.4 Å². The molecule has 1 aliphatic rings. The Bertz CT molecular complexity index is 482. The highest BCUT2D eigenvalue weighted by atomic mass is 19.4. The predicted octanol–water partition coefficient (Wildman–Crippen LogP) is 1.02. The lowest BCUT2D eigenvalue weighted by Gasteiger charge is -2.10. The van der Waals surface area contributed by atoms with Crippen molar-refractivity contribution in [2.24, 2.45) is 5.73 Å². The molecule has 4 nitrogen and oxygen atoms in total. The fourth-order valence-corrected chi connectivity index (χ4v) is 1.38. The summed E-state index contributed by atoms with van der Waals surface area (Å²) in [4.78, 5) is 15.5. The van der Waals surface area contributed by atoms with E-state index in [2.05, 4.69) is 10.3 Å². The van der Waals surface area contributed by atoms with Crippen molar-refractivity contribution in [3.05, 3.63) is 35.1 Å². The van der Waals surface area contributed by atoms with Gasteiger partial charge in [-0.3, -0.25) is 9.63 Å². The molecule has 0 radical (unpaired) electrons. The third kappa shape index (κ3) is 1.85. The number of hydroxylamine groups is 1. The minimum absolute atomic E-state index is 0.115. The summed E-state index contributed by atoms with van der Waals surface area (Å²) in [7, 11) is 0. The van der Waals surface area contributed by atoms with Crippen molar-refractivity contribution in [2.45, 2.75) is 11.9 Å². The van der Waals surface area contributed by atoms with E-state index in [0.29, 0.717) is 12.1 Å². The average Bonchev–Trinajstić information content (AvgIpc) is 2.95. The van der Waals surface area contributed by atoms with Crippen LogP contribution in [0.3, 0.4) is 0 Å². The largest absolute Gasteiger partial charge is 0.419 e. The molecule has 3 N–H and O–H groups in total. The Morgan fingerprint density at radius 3 is 2.35 bits per heavy atom. The van der Waals surface area contributed by atoms with Gasteiger partial charge in [0.2, 0.25) is 0 Å². The van der Waals surface area contributed by atoms with Gasteiger partial charge >= 0.3 is 6.18 Å². The zero-order chi connectivity index (χ0) is 12.8. The fourth-order valence-electron chi connectivity index (χ4n) is 1.38. The number of amides is 1. The van der Waals surface area contributed by atoms with Crippen molar-refractivity contribution in [3.8, 4) is 0 Å². The van der Waals surface area contributed by atoms with Gasteiger partial charge in [-0.25, -0.2) is 4.39 Å². The second kappa shape index (κ2) is 3.41. The van der Waals surface area contributed by atoms with Crippen LogP contribution in [0.15, 0.2) is 18.2 Å². The molecular formula is C9H6F4N2O2. The van der Waals surface area contributed by atoms with Gasteiger partial charge in [0.15, 0.2) is 0 Å². The molecule has 17 heavy (non-hydrogen) atoms. The zero-order valence-corrected chi connectivity index (χ0v) is 8.14. The predicted molar refractivity (Wildman–Crippen MR) is 46.5 cm³/mol. The van der Waals surface area contributed by atoms with Gasteiger partial charge in [0.25, 0.3) is 11.6 Å². The quantitative estimate of drug-likeness (QED) is 0.607. The van der Waals surface area contributed by atoms with Crippen LogP contribution in [0.4, 0.5) is 17.6 Å². The van der Waals surface area contributed by atoms with Gasteiger partial charge in [0.1, 0.15) is 5.82 Å². The molecule has 92 valence electrons. The third-order valence-corrected chi connectivity index (χ3v) is 2.33. The van der Waals surface area contributed by atoms with Gasteiger partial charge in [-0.05, 0) is 12.1 Å². The summed E-state index contributed by atoms with van der Waals surface area (Å²) in [6.07, 6.45) is -4.79. The van der Waals surface area contributed by atoms with E-state index in [1.807, 2.05) is 0 Å². The maximum absolute atomic E-state index is 13.2. The number of hydrogen-bond acceptors (Lipinski definition) is 3. The van der Waals surface area contributed by atoms with E-state index < -0.39 is 29.2 Å². The second-order valence-corrected chi connectivity index (χ2v) is 3.44. The third-order valence-electron chi connectivity index (χ3n) is 2.33. The molecule has 1 unspecified atom stereocenters. The van der Waals surface area contributed by atoms with E-state index in [4.69, 9.17) is 5.73 Å². The van der Waals surface area contributed by atoms with Gasteiger partial charge in [0, 0.05) is 5.56 Å². The summed E-state index contributed by atoms with van der Waals surface area (Å²) in [5, 5.41) is 0. The zero-order valence-electron chi connectivity index (χ0n) is 8.14. The second-order valence-electron chi connectivity index (χ2n) is 3.44. The molecule has 0 aliphatic carbocycles. The summed E-state index contributed by atoms with van der Waals surface area (Å²) in [6.45, 7) is 0. The molecule has 0 aromatic heterocycles. The summed E-state index contributed by atoms with van der Waals surface area (Å²) >= 11 is 0. The minimum Gasteiger partial charge on any atom is -0.365 e. The number of nitrogens with two attached hydrogens (primary N) is 1. The molecule has 1 saturated heterocycles. The maximum Gasteiger partial charge on any atom is 0.419 e. The Morgan fingerprint density at radius 1 is 1.41 bits per heavy atom. The van der Waals surface area contributed by atoms with Crippen molar-refractivity contribution in [1.29, 1.82) is 0 Å². The molecule has 1 aromatic carbocycles. The van der Waals surface area contributed by atoms with Crippen molar-refractivity contribution in [2.75, 3.05) is 0 Å². The van der Waals surface area contributed by atoms with Gasteiger partial charge < -0.3 is 5.73 Å². The molecular weight excluding hydrogens is 244 g/mol. The topological polar surface area (TPSA) is 77.6 Å². The molecule has 2 rings (SSSR count). The van der Waals surface area contributed by atoms with E-state index in [0.717, 1.165) is 6.07 Å². The summed E-state index contributed by atoms with van der Waals surface area (Å²) in [5.41, 5.74) is 3.85. The van der Waals surface area contributed by atoms with E-state index in [-0.39, 0.29) is 5.56 Å². The average molecular weight is 250 g/mol. The number of nitrogens with one attached hydrogen (secondary N) is 1. The molecule has 1 heterocycles. The lowest BCUT2D eigenvalue weighted by Crippen LogP contribution is -2.32. The maximum atomic E-state index is 13.2. The Morgan fingerprint density at radius 2 is 2.00 bits per heavy atom. The Kier molecular flexibility index (Phi) is 2.37. The van der Waals surface area contributed by atoms with Crippen molar-refractivity contribution < 1.29 is 27.2 Å². The van der Waals surface area contributed by atoms with E-state index in [1.165, 1.54) is 0 Å². The number of primary amides is 1. The van der Waals surface area contributed by atoms with E-state index >= 15 is 0 Å². The highest BCUT2D eigenvalue weighted by molar-refractivity contribution is 5.86. The molecule has 1 amide bonds. The lowest BCUT2D eigenvalue weighted by molar-refractivity contribution is -0.140. The van der Waals surface area contributed by atoms with Crippen LogP contribution in [0.25, 0.3) is 0 Å². The SMILES string of the molecule is NC(=O)C1(c2ccc(C(F)(F)F)c(F)c2)NO1. The molecule has 1 aromatic rings. The van der Waals surface area contributed by atoms with Crippen LogP contribution in [0, 0.1) is 5.82 Å². The lowest BCUT2D eigenvalue weighted by atomic mass is 10.0. The molecule has 0 bridgehead atoms. The molecule has 8 heteroatoms. The van der Waals surface area contributed by atoms with Gasteiger partial charge in [-0.15, -0.1) is 0 Å². The number of rotatable bonds is 2. The monoisotopic (exact) mass is 250 g/mol. The van der Waals surface area contributed by atoms with Gasteiger partial charge in [0.05, 0.1) is 5.56 Å². The van der Waals surface area contributed by atoms with Crippen LogP contribution in [0.1, 0.15) is 11.1 Å². The van der Waals surface area contributed by atoms with Crippen molar-refractivity contribution in [3.63, 3.8) is 0 Å². The standard InChI is InChI=1S/C9H6F4N2O2/c10-6-3-4(8(7(14)16)15-17-8)1-2-5(6)9(11,12)13/h1-3,15H,(H2,14,16). The highest BCUT2D eigenvalue weighted by Gasteiger charge is 2.54. The van der Waals surface area contributed by atoms with Crippen LogP contribution in [-0.4, -0.2) is 5.91 Å². The molecule has 0 saturated carbocycles. The normalized spacial score (nSPS) is 23.5. The summed E-state index contributed by atoms with van der Waals surface area (Å²) in [6, 6.07) is 2.02. The summed E-state index contributed by atoms with van der Waals surface area (Å²) in [5.74, 6) is -2.45. The smallest absolute Gasteiger partial charge is 0.365 e. The number of alkyl halides is 3. The Hall–Kier alpha value is -1.67. The van der Waals surface area contributed by atoms with Crippen LogP contribution in [0.5, 0.6) is 0 Å². The minimum atomic E-state index is -4.79. The first-order valence-corrected chi connectivity index (χ1v) is 4.40. The van der Waals surface area contributed by atoms with Crippen molar-refractivity contribution >= 4 is 5.91 Å². The first kappa shape index (κ1) is 11.8.